The maximum absolute atomic E-state index is 12.5. The third-order valence-electron chi connectivity index (χ3n) is 4.62. The van der Waals surface area contributed by atoms with Crippen molar-refractivity contribution in [2.45, 2.75) is 26.3 Å². The van der Waals surface area contributed by atoms with Crippen LogP contribution in [0.15, 0.2) is 48.5 Å². The highest BCUT2D eigenvalue weighted by Crippen LogP contribution is 2.25. The summed E-state index contributed by atoms with van der Waals surface area (Å²) in [5.74, 6) is 1.50. The van der Waals surface area contributed by atoms with Crippen LogP contribution in [0.25, 0.3) is 0 Å². The molecule has 144 valence electrons. The standard InChI is InChI=1S/C22H28N2O3/c1-17-7-9-20(10-8-17)27-21-6-4-3-5-19(21)15-22(25)23-18(2)16-24-11-13-26-14-12-24/h3-10,18H,11-16H2,1-2H3,(H,23,25). The van der Waals surface area contributed by atoms with Gasteiger partial charge in [0.2, 0.25) is 5.91 Å². The van der Waals surface area contributed by atoms with Gasteiger partial charge in [0.25, 0.3) is 0 Å². The van der Waals surface area contributed by atoms with Gasteiger partial charge in [0.05, 0.1) is 19.6 Å². The van der Waals surface area contributed by atoms with Gasteiger partial charge < -0.3 is 14.8 Å². The first-order valence-corrected chi connectivity index (χ1v) is 9.52. The molecule has 2 aromatic carbocycles. The van der Waals surface area contributed by atoms with Crippen LogP contribution in [0.2, 0.25) is 0 Å². The van der Waals surface area contributed by atoms with Crippen LogP contribution in [0.4, 0.5) is 0 Å². The average Bonchev–Trinajstić information content (AvgIpc) is 2.66. The van der Waals surface area contributed by atoms with Crippen molar-refractivity contribution in [2.24, 2.45) is 0 Å². The number of carbonyl (C=O) groups excluding carboxylic acids is 1. The topological polar surface area (TPSA) is 50.8 Å². The van der Waals surface area contributed by atoms with Crippen LogP contribution in [0.1, 0.15) is 18.1 Å². The van der Waals surface area contributed by atoms with E-state index in [1.165, 1.54) is 5.56 Å². The van der Waals surface area contributed by atoms with Gasteiger partial charge in [-0.1, -0.05) is 35.9 Å². The molecule has 1 fully saturated rings. The van der Waals surface area contributed by atoms with Crippen molar-refractivity contribution in [3.63, 3.8) is 0 Å². The maximum Gasteiger partial charge on any atom is 0.224 e. The zero-order valence-electron chi connectivity index (χ0n) is 16.1. The molecule has 1 unspecified atom stereocenters. The SMILES string of the molecule is Cc1ccc(Oc2ccccc2CC(=O)NC(C)CN2CCOCC2)cc1. The summed E-state index contributed by atoms with van der Waals surface area (Å²) in [6, 6.07) is 15.7. The molecule has 5 heteroatoms. The van der Waals surface area contributed by atoms with Crippen molar-refractivity contribution < 1.29 is 14.3 Å². The van der Waals surface area contributed by atoms with E-state index in [1.54, 1.807) is 0 Å². The van der Waals surface area contributed by atoms with E-state index in [1.807, 2.05) is 62.4 Å². The molecule has 1 aliphatic heterocycles. The van der Waals surface area contributed by atoms with Crippen LogP contribution in [-0.2, 0) is 16.0 Å². The van der Waals surface area contributed by atoms with Gasteiger partial charge >= 0.3 is 0 Å². The number of nitrogens with zero attached hydrogens (tertiary/aromatic N) is 1. The number of ether oxygens (including phenoxy) is 2. The van der Waals surface area contributed by atoms with Gasteiger partial charge in [0, 0.05) is 31.2 Å². The van der Waals surface area contributed by atoms with Gasteiger partial charge in [-0.3, -0.25) is 9.69 Å². The Balaban J connectivity index is 1.56. The highest BCUT2D eigenvalue weighted by molar-refractivity contribution is 5.79. The van der Waals surface area contributed by atoms with Crippen molar-refractivity contribution in [3.8, 4) is 11.5 Å². The van der Waals surface area contributed by atoms with Crippen LogP contribution >= 0.6 is 0 Å². The van der Waals surface area contributed by atoms with E-state index >= 15 is 0 Å². The summed E-state index contributed by atoms with van der Waals surface area (Å²) in [6.45, 7) is 8.31. The summed E-state index contributed by atoms with van der Waals surface area (Å²) in [5, 5.41) is 3.10. The number of aryl methyl sites for hydroxylation is 1. The molecule has 1 heterocycles. The van der Waals surface area contributed by atoms with Crippen molar-refractivity contribution >= 4 is 5.91 Å². The molecule has 5 nitrogen and oxygen atoms in total. The van der Waals surface area contributed by atoms with E-state index in [2.05, 4.69) is 10.2 Å². The van der Waals surface area contributed by atoms with E-state index in [4.69, 9.17) is 9.47 Å². The first-order valence-electron chi connectivity index (χ1n) is 9.52. The Morgan fingerprint density at radius 2 is 1.85 bits per heavy atom. The van der Waals surface area contributed by atoms with Crippen LogP contribution in [0, 0.1) is 6.92 Å². The number of hydrogen-bond acceptors (Lipinski definition) is 4. The fraction of sp³-hybridized carbons (Fsp3) is 0.409. The molecule has 0 bridgehead atoms. The number of benzene rings is 2. The first kappa shape index (κ1) is 19.4. The molecule has 27 heavy (non-hydrogen) atoms. The number of rotatable bonds is 7. The summed E-state index contributed by atoms with van der Waals surface area (Å²) >= 11 is 0. The minimum absolute atomic E-state index is 0.00992. The van der Waals surface area contributed by atoms with Gasteiger partial charge in [-0.2, -0.15) is 0 Å². The zero-order valence-corrected chi connectivity index (χ0v) is 16.1. The molecule has 1 aliphatic rings. The number of carbonyl (C=O) groups is 1. The molecule has 0 saturated carbocycles. The lowest BCUT2D eigenvalue weighted by atomic mass is 10.1. The molecule has 3 rings (SSSR count). The van der Waals surface area contributed by atoms with E-state index in [-0.39, 0.29) is 11.9 Å². The number of amides is 1. The molecule has 2 aromatic rings. The van der Waals surface area contributed by atoms with E-state index < -0.39 is 0 Å². The smallest absolute Gasteiger partial charge is 0.224 e. The maximum atomic E-state index is 12.5. The van der Waals surface area contributed by atoms with Gasteiger partial charge in [-0.05, 0) is 32.0 Å². The Kier molecular flexibility index (Phi) is 6.85. The molecule has 0 spiro atoms. The predicted molar refractivity (Wildman–Crippen MR) is 106 cm³/mol. The van der Waals surface area contributed by atoms with Gasteiger partial charge in [-0.25, -0.2) is 0 Å². The number of morpholine rings is 1. The first-order chi connectivity index (χ1) is 13.1. The van der Waals surface area contributed by atoms with E-state index in [0.29, 0.717) is 6.42 Å². The Morgan fingerprint density at radius 1 is 1.15 bits per heavy atom. The van der Waals surface area contributed by atoms with Crippen LogP contribution in [0.3, 0.4) is 0 Å². The molecular weight excluding hydrogens is 340 g/mol. The third-order valence-corrected chi connectivity index (χ3v) is 4.62. The van der Waals surface area contributed by atoms with Gasteiger partial charge in [-0.15, -0.1) is 0 Å². The fourth-order valence-electron chi connectivity index (χ4n) is 3.20. The Labute approximate surface area is 161 Å². The van der Waals surface area contributed by atoms with Crippen LogP contribution < -0.4 is 10.1 Å². The Bertz CT molecular complexity index is 739. The summed E-state index contributed by atoms with van der Waals surface area (Å²) in [6.07, 6.45) is 0.301. The van der Waals surface area contributed by atoms with Crippen molar-refractivity contribution in [1.82, 2.24) is 10.2 Å². The molecule has 1 N–H and O–H groups in total. The third kappa shape index (κ3) is 6.08. The lowest BCUT2D eigenvalue weighted by molar-refractivity contribution is -0.121. The zero-order chi connectivity index (χ0) is 19.1. The molecule has 0 radical (unpaired) electrons. The summed E-state index contributed by atoms with van der Waals surface area (Å²) in [7, 11) is 0. The van der Waals surface area contributed by atoms with Crippen LogP contribution in [0.5, 0.6) is 11.5 Å². The molecular formula is C22H28N2O3. The molecule has 0 aliphatic carbocycles. The van der Waals surface area contributed by atoms with Crippen molar-refractivity contribution in [2.75, 3.05) is 32.8 Å². The summed E-state index contributed by atoms with van der Waals surface area (Å²) in [4.78, 5) is 14.8. The summed E-state index contributed by atoms with van der Waals surface area (Å²) < 4.78 is 11.4. The Hall–Kier alpha value is -2.37. The highest BCUT2D eigenvalue weighted by Gasteiger charge is 2.16. The minimum atomic E-state index is 0.00992. The second-order valence-electron chi connectivity index (χ2n) is 7.08. The minimum Gasteiger partial charge on any atom is -0.457 e. The fourth-order valence-corrected chi connectivity index (χ4v) is 3.20. The second-order valence-corrected chi connectivity index (χ2v) is 7.08. The molecule has 1 saturated heterocycles. The lowest BCUT2D eigenvalue weighted by Gasteiger charge is -2.29. The quantitative estimate of drug-likeness (QED) is 0.816. The van der Waals surface area contributed by atoms with Gasteiger partial charge in [0.15, 0.2) is 0 Å². The second kappa shape index (κ2) is 9.53. The van der Waals surface area contributed by atoms with E-state index in [9.17, 15) is 4.79 Å². The average molecular weight is 368 g/mol. The number of hydrogen-bond donors (Lipinski definition) is 1. The normalized spacial score (nSPS) is 15.9. The molecule has 0 aromatic heterocycles. The number of nitrogens with one attached hydrogen (secondary N) is 1. The molecule has 1 amide bonds. The largest absolute Gasteiger partial charge is 0.457 e. The van der Waals surface area contributed by atoms with E-state index in [0.717, 1.165) is 49.9 Å². The number of para-hydroxylation sites is 1. The predicted octanol–water partition coefficient (Wildman–Crippen LogP) is 3.17. The molecule has 1 atom stereocenters. The lowest BCUT2D eigenvalue weighted by Crippen LogP contribution is -2.46. The highest BCUT2D eigenvalue weighted by atomic mass is 16.5. The van der Waals surface area contributed by atoms with Crippen molar-refractivity contribution in [1.29, 1.82) is 0 Å². The Morgan fingerprint density at radius 3 is 2.59 bits per heavy atom. The van der Waals surface area contributed by atoms with Gasteiger partial charge in [0.1, 0.15) is 11.5 Å². The summed E-state index contributed by atoms with van der Waals surface area (Å²) in [5.41, 5.74) is 2.07. The van der Waals surface area contributed by atoms with Crippen molar-refractivity contribution in [3.05, 3.63) is 59.7 Å². The van der Waals surface area contributed by atoms with Crippen LogP contribution in [-0.4, -0.2) is 49.7 Å². The monoisotopic (exact) mass is 368 g/mol.